The molecule has 9 heteroatoms. The topological polar surface area (TPSA) is 104 Å². The molecule has 1 saturated heterocycles. The van der Waals surface area contributed by atoms with Crippen LogP contribution in [0.3, 0.4) is 0 Å². The summed E-state index contributed by atoms with van der Waals surface area (Å²) in [5.74, 6) is -0.321. The fourth-order valence-electron chi connectivity index (χ4n) is 6.27. The number of aliphatic hydroxyl groups is 1. The van der Waals surface area contributed by atoms with Gasteiger partial charge in [0.2, 0.25) is 0 Å². The number of alkyl carbamates (subject to hydrolysis) is 1. The number of carbonyl (C=O) groups is 2. The Hall–Kier alpha value is -3.98. The molecule has 0 radical (unpaired) electrons. The third kappa shape index (κ3) is 6.88. The number of piperidine rings is 1. The summed E-state index contributed by atoms with van der Waals surface area (Å²) in [6, 6.07) is 23.2. The summed E-state index contributed by atoms with van der Waals surface area (Å²) >= 11 is 6.89. The molecule has 44 heavy (non-hydrogen) atoms. The van der Waals surface area contributed by atoms with Gasteiger partial charge in [0.05, 0.1) is 18.2 Å². The van der Waals surface area contributed by atoms with Gasteiger partial charge in [0.15, 0.2) is 0 Å². The van der Waals surface area contributed by atoms with Crippen LogP contribution in [0.25, 0.3) is 22.0 Å². The average Bonchev–Trinajstić information content (AvgIpc) is 3.06. The number of para-hydroxylation sites is 1. The fourth-order valence-corrected chi connectivity index (χ4v) is 6.55. The summed E-state index contributed by atoms with van der Waals surface area (Å²) < 4.78 is 4.73. The van der Waals surface area contributed by atoms with E-state index in [1.165, 1.54) is 7.11 Å². The molecule has 230 valence electrons. The van der Waals surface area contributed by atoms with Gasteiger partial charge in [0.25, 0.3) is 5.91 Å². The van der Waals surface area contributed by atoms with Crippen LogP contribution in [-0.4, -0.2) is 60.8 Å². The van der Waals surface area contributed by atoms with Crippen molar-refractivity contribution in [3.63, 3.8) is 0 Å². The minimum Gasteiger partial charge on any atom is -0.453 e. The van der Waals surface area contributed by atoms with Gasteiger partial charge in [-0.05, 0) is 74.2 Å². The van der Waals surface area contributed by atoms with Crippen molar-refractivity contribution in [1.82, 2.24) is 20.5 Å². The third-order valence-corrected chi connectivity index (χ3v) is 8.83. The van der Waals surface area contributed by atoms with E-state index in [1.54, 1.807) is 6.20 Å². The Morgan fingerprint density at radius 2 is 1.91 bits per heavy atom. The van der Waals surface area contributed by atoms with Gasteiger partial charge in [0.1, 0.15) is 0 Å². The van der Waals surface area contributed by atoms with Gasteiger partial charge in [-0.3, -0.25) is 9.78 Å². The van der Waals surface area contributed by atoms with Crippen molar-refractivity contribution in [2.24, 2.45) is 5.92 Å². The van der Waals surface area contributed by atoms with Crippen LogP contribution >= 0.6 is 11.6 Å². The molecule has 3 aromatic carbocycles. The summed E-state index contributed by atoms with van der Waals surface area (Å²) in [4.78, 5) is 31.9. The standard InChI is InChI=1S/C35H39ClN4O4/c1-37-21-24-13-15-25(16-14-24)33(41)40-19-6-9-28(23-40)35(43,17-7-18-38-34(42)44-2)29-10-5-11-30(36)32(29)27-20-26-8-3-4-12-31(26)39-22-27/h3-5,8,10-16,20,22,28,37,43H,6-7,9,17-19,21,23H2,1-2H3,(H,38,42). The Bertz CT molecular complexity index is 1610. The van der Waals surface area contributed by atoms with Crippen molar-refractivity contribution in [1.29, 1.82) is 0 Å². The summed E-state index contributed by atoms with van der Waals surface area (Å²) in [7, 11) is 3.21. The average molecular weight is 615 g/mol. The van der Waals surface area contributed by atoms with Gasteiger partial charge in [-0.2, -0.15) is 0 Å². The molecule has 0 aliphatic carbocycles. The van der Waals surface area contributed by atoms with Crippen LogP contribution in [0.15, 0.2) is 79.0 Å². The fraction of sp³-hybridized carbons (Fsp3) is 0.343. The Morgan fingerprint density at radius 3 is 2.68 bits per heavy atom. The smallest absolute Gasteiger partial charge is 0.406 e. The number of rotatable bonds is 10. The minimum absolute atomic E-state index is 0.0505. The van der Waals surface area contributed by atoms with Crippen LogP contribution in [0.1, 0.15) is 47.2 Å². The lowest BCUT2D eigenvalue weighted by molar-refractivity contribution is -0.0563. The van der Waals surface area contributed by atoms with E-state index in [1.807, 2.05) is 84.7 Å². The van der Waals surface area contributed by atoms with Crippen LogP contribution in [0.2, 0.25) is 5.02 Å². The first-order valence-electron chi connectivity index (χ1n) is 15.0. The zero-order valence-electron chi connectivity index (χ0n) is 25.2. The van der Waals surface area contributed by atoms with Gasteiger partial charge in [-0.25, -0.2) is 4.79 Å². The highest BCUT2D eigenvalue weighted by molar-refractivity contribution is 6.33. The number of pyridine rings is 1. The van der Waals surface area contributed by atoms with E-state index in [0.29, 0.717) is 48.6 Å². The molecule has 2 atom stereocenters. The molecule has 0 saturated carbocycles. The molecular formula is C35H39ClN4O4. The molecule has 0 spiro atoms. The molecule has 3 N–H and O–H groups in total. The first-order valence-corrected chi connectivity index (χ1v) is 15.4. The zero-order valence-corrected chi connectivity index (χ0v) is 25.9. The highest BCUT2D eigenvalue weighted by atomic mass is 35.5. The number of carbonyl (C=O) groups excluding carboxylic acids is 2. The van der Waals surface area contributed by atoms with Gasteiger partial charge in [0, 0.05) is 65.4 Å². The molecule has 1 aliphatic rings. The number of fused-ring (bicyclic) bond motifs is 1. The number of nitrogens with zero attached hydrogens (tertiary/aromatic N) is 2. The maximum atomic E-state index is 13.7. The quantitative estimate of drug-likeness (QED) is 0.185. The van der Waals surface area contributed by atoms with E-state index in [2.05, 4.69) is 15.6 Å². The summed E-state index contributed by atoms with van der Waals surface area (Å²) in [5, 5.41) is 20.1. The van der Waals surface area contributed by atoms with Crippen molar-refractivity contribution in [3.8, 4) is 11.1 Å². The maximum absolute atomic E-state index is 13.7. The summed E-state index contributed by atoms with van der Waals surface area (Å²) in [6.45, 7) is 2.06. The molecule has 4 aromatic rings. The van der Waals surface area contributed by atoms with Gasteiger partial charge in [-0.15, -0.1) is 0 Å². The normalized spacial score (nSPS) is 16.4. The number of hydrogen-bond acceptors (Lipinski definition) is 6. The van der Waals surface area contributed by atoms with E-state index >= 15 is 0 Å². The summed E-state index contributed by atoms with van der Waals surface area (Å²) in [6.07, 6.45) is 3.59. The molecule has 0 bridgehead atoms. The number of hydrogen-bond donors (Lipinski definition) is 3. The van der Waals surface area contributed by atoms with E-state index in [0.717, 1.165) is 47.0 Å². The van der Waals surface area contributed by atoms with Crippen LogP contribution < -0.4 is 10.6 Å². The third-order valence-electron chi connectivity index (χ3n) is 8.51. The van der Waals surface area contributed by atoms with Crippen molar-refractivity contribution < 1.29 is 19.4 Å². The number of halogens is 1. The highest BCUT2D eigenvalue weighted by Gasteiger charge is 2.43. The van der Waals surface area contributed by atoms with Crippen molar-refractivity contribution in [2.45, 2.75) is 37.8 Å². The number of ether oxygens (including phenoxy) is 1. The van der Waals surface area contributed by atoms with E-state index in [-0.39, 0.29) is 11.8 Å². The second-order valence-corrected chi connectivity index (χ2v) is 11.8. The van der Waals surface area contributed by atoms with Crippen molar-refractivity contribution >= 4 is 34.5 Å². The molecule has 1 fully saturated rings. The minimum atomic E-state index is -1.35. The summed E-state index contributed by atoms with van der Waals surface area (Å²) in [5.41, 5.74) is 3.47. The maximum Gasteiger partial charge on any atom is 0.406 e. The van der Waals surface area contributed by atoms with Crippen LogP contribution in [0, 0.1) is 5.92 Å². The molecule has 1 aliphatic heterocycles. The molecular weight excluding hydrogens is 576 g/mol. The van der Waals surface area contributed by atoms with Crippen LogP contribution in [-0.2, 0) is 16.9 Å². The number of aromatic nitrogens is 1. The number of methoxy groups -OCH3 is 1. The Balaban J connectivity index is 1.50. The number of amides is 2. The predicted octanol–water partition coefficient (Wildman–Crippen LogP) is 6.15. The first-order chi connectivity index (χ1) is 21.3. The Labute approximate surface area is 263 Å². The SMILES string of the molecule is CNCc1ccc(C(=O)N2CCCC(C(O)(CCCNC(=O)OC)c3cccc(Cl)c3-c3cnc4ccccc4c3)C2)cc1. The van der Waals surface area contributed by atoms with Gasteiger partial charge in [-0.1, -0.05) is 54.1 Å². The largest absolute Gasteiger partial charge is 0.453 e. The lowest BCUT2D eigenvalue weighted by Crippen LogP contribution is -2.48. The van der Waals surface area contributed by atoms with Crippen LogP contribution in [0.5, 0.6) is 0 Å². The molecule has 2 unspecified atom stereocenters. The second kappa shape index (κ2) is 14.2. The molecule has 5 rings (SSSR count). The van der Waals surface area contributed by atoms with Crippen molar-refractivity contribution in [3.05, 3.63) is 101 Å². The zero-order chi connectivity index (χ0) is 31.1. The van der Waals surface area contributed by atoms with Crippen LogP contribution in [0.4, 0.5) is 4.79 Å². The van der Waals surface area contributed by atoms with E-state index < -0.39 is 11.7 Å². The van der Waals surface area contributed by atoms with Crippen molar-refractivity contribution in [2.75, 3.05) is 33.8 Å². The van der Waals surface area contributed by atoms with E-state index in [4.69, 9.17) is 16.3 Å². The lowest BCUT2D eigenvalue weighted by Gasteiger charge is -2.44. The lowest BCUT2D eigenvalue weighted by atomic mass is 9.72. The second-order valence-electron chi connectivity index (χ2n) is 11.3. The number of benzene rings is 3. The number of likely N-dealkylation sites (tertiary alicyclic amines) is 1. The van der Waals surface area contributed by atoms with E-state index in [9.17, 15) is 14.7 Å². The molecule has 8 nitrogen and oxygen atoms in total. The van der Waals surface area contributed by atoms with Gasteiger partial charge >= 0.3 is 6.09 Å². The predicted molar refractivity (Wildman–Crippen MR) is 174 cm³/mol. The Morgan fingerprint density at radius 1 is 1.11 bits per heavy atom. The first kappa shape index (κ1) is 31.4. The molecule has 1 aromatic heterocycles. The number of nitrogens with one attached hydrogen (secondary N) is 2. The van der Waals surface area contributed by atoms with Gasteiger partial charge < -0.3 is 25.4 Å². The highest BCUT2D eigenvalue weighted by Crippen LogP contribution is 2.46. The molecule has 2 amide bonds. The monoisotopic (exact) mass is 614 g/mol. The molecule has 2 heterocycles. The Kier molecular flexibility index (Phi) is 10.1.